The SMILES string of the molecule is CCCNC(=O)c1c(N)n(-c2ccc(OC)c(OC)c2)c2nc3ccccc3nc12. The second-order valence-corrected chi connectivity index (χ2v) is 6.78. The maximum Gasteiger partial charge on any atom is 0.257 e. The normalized spacial score (nSPS) is 11.0. The van der Waals surface area contributed by atoms with Gasteiger partial charge in [0.2, 0.25) is 0 Å². The fourth-order valence-corrected chi connectivity index (χ4v) is 3.44. The summed E-state index contributed by atoms with van der Waals surface area (Å²) in [5.41, 5.74) is 9.86. The van der Waals surface area contributed by atoms with Gasteiger partial charge in [0.1, 0.15) is 16.9 Å². The molecule has 0 bridgehead atoms. The van der Waals surface area contributed by atoms with Gasteiger partial charge in [-0.1, -0.05) is 19.1 Å². The quantitative estimate of drug-likeness (QED) is 0.510. The van der Waals surface area contributed by atoms with E-state index in [-0.39, 0.29) is 11.7 Å². The number of nitrogens with one attached hydrogen (secondary N) is 1. The van der Waals surface area contributed by atoms with Gasteiger partial charge in [-0.15, -0.1) is 0 Å². The summed E-state index contributed by atoms with van der Waals surface area (Å²) in [6, 6.07) is 12.9. The lowest BCUT2D eigenvalue weighted by Gasteiger charge is -2.12. The third-order valence-electron chi connectivity index (χ3n) is 4.89. The number of nitrogen functional groups attached to an aromatic ring is 1. The summed E-state index contributed by atoms with van der Waals surface area (Å²) < 4.78 is 12.5. The van der Waals surface area contributed by atoms with Gasteiger partial charge in [0.05, 0.1) is 30.9 Å². The van der Waals surface area contributed by atoms with Gasteiger partial charge in [0.15, 0.2) is 17.1 Å². The molecule has 8 heteroatoms. The lowest BCUT2D eigenvalue weighted by Crippen LogP contribution is -2.25. The zero-order valence-electron chi connectivity index (χ0n) is 17.1. The minimum absolute atomic E-state index is 0.265. The number of benzene rings is 2. The van der Waals surface area contributed by atoms with Crippen molar-refractivity contribution in [3.8, 4) is 17.2 Å². The van der Waals surface area contributed by atoms with Gasteiger partial charge < -0.3 is 20.5 Å². The number of methoxy groups -OCH3 is 2. The van der Waals surface area contributed by atoms with Crippen molar-refractivity contribution in [3.63, 3.8) is 0 Å². The van der Waals surface area contributed by atoms with Gasteiger partial charge >= 0.3 is 0 Å². The minimum atomic E-state index is -0.275. The molecule has 0 aliphatic rings. The molecule has 154 valence electrons. The number of rotatable bonds is 6. The van der Waals surface area contributed by atoms with Crippen molar-refractivity contribution in [1.82, 2.24) is 19.9 Å². The average molecular weight is 405 g/mol. The highest BCUT2D eigenvalue weighted by Crippen LogP contribution is 2.35. The number of hydrogen-bond donors (Lipinski definition) is 2. The first kappa shape index (κ1) is 19.5. The molecule has 0 radical (unpaired) electrons. The number of fused-ring (bicyclic) bond motifs is 2. The molecule has 0 fully saturated rings. The number of amides is 1. The van der Waals surface area contributed by atoms with Crippen LogP contribution in [0.1, 0.15) is 23.7 Å². The highest BCUT2D eigenvalue weighted by molar-refractivity contribution is 6.11. The number of nitrogens with two attached hydrogens (primary N) is 1. The summed E-state index contributed by atoms with van der Waals surface area (Å²) in [6.07, 6.45) is 0.814. The van der Waals surface area contributed by atoms with Crippen molar-refractivity contribution in [2.24, 2.45) is 0 Å². The fraction of sp³-hybridized carbons (Fsp3) is 0.227. The molecule has 4 rings (SSSR count). The predicted molar refractivity (Wildman–Crippen MR) is 117 cm³/mol. The Morgan fingerprint density at radius 2 is 1.77 bits per heavy atom. The molecule has 2 heterocycles. The Kier molecular flexibility index (Phi) is 5.14. The Bertz CT molecular complexity index is 1250. The molecule has 1 amide bonds. The van der Waals surface area contributed by atoms with Crippen LogP contribution in [0.3, 0.4) is 0 Å². The number of nitrogens with zero attached hydrogens (tertiary/aromatic N) is 3. The standard InChI is InChI=1S/C22H23N5O3/c1-4-11-24-22(28)18-19-21(26-15-8-6-5-7-14(15)25-19)27(20(18)23)13-9-10-16(29-2)17(12-13)30-3/h5-10,12H,4,11,23H2,1-3H3,(H,24,28). The summed E-state index contributed by atoms with van der Waals surface area (Å²) in [4.78, 5) is 22.4. The highest BCUT2D eigenvalue weighted by Gasteiger charge is 2.25. The number of hydrogen-bond acceptors (Lipinski definition) is 6. The van der Waals surface area contributed by atoms with Crippen LogP contribution in [0, 0.1) is 0 Å². The lowest BCUT2D eigenvalue weighted by atomic mass is 10.2. The van der Waals surface area contributed by atoms with Crippen LogP contribution in [0.15, 0.2) is 42.5 Å². The van der Waals surface area contributed by atoms with E-state index in [0.29, 0.717) is 51.5 Å². The Morgan fingerprint density at radius 1 is 1.07 bits per heavy atom. The van der Waals surface area contributed by atoms with Gasteiger partial charge in [-0.2, -0.15) is 0 Å². The molecule has 0 atom stereocenters. The van der Waals surface area contributed by atoms with Crippen LogP contribution < -0.4 is 20.5 Å². The van der Waals surface area contributed by atoms with E-state index in [4.69, 9.17) is 25.2 Å². The molecular formula is C22H23N5O3. The zero-order valence-corrected chi connectivity index (χ0v) is 17.1. The van der Waals surface area contributed by atoms with Crippen molar-refractivity contribution >= 4 is 33.9 Å². The Labute approximate surface area is 173 Å². The van der Waals surface area contributed by atoms with E-state index in [0.717, 1.165) is 6.42 Å². The second kappa shape index (κ2) is 7.90. The first-order chi connectivity index (χ1) is 14.6. The lowest BCUT2D eigenvalue weighted by molar-refractivity contribution is 0.0956. The molecule has 30 heavy (non-hydrogen) atoms. The van der Waals surface area contributed by atoms with Crippen molar-refractivity contribution < 1.29 is 14.3 Å². The molecule has 0 aliphatic carbocycles. The van der Waals surface area contributed by atoms with E-state index in [9.17, 15) is 4.79 Å². The van der Waals surface area contributed by atoms with Crippen molar-refractivity contribution in [2.75, 3.05) is 26.5 Å². The number of aromatic nitrogens is 3. The molecule has 0 saturated heterocycles. The minimum Gasteiger partial charge on any atom is -0.493 e. The Balaban J connectivity index is 2.02. The van der Waals surface area contributed by atoms with Gasteiger partial charge in [-0.3, -0.25) is 9.36 Å². The van der Waals surface area contributed by atoms with Gasteiger partial charge in [0.25, 0.3) is 5.91 Å². The molecule has 0 spiro atoms. The predicted octanol–water partition coefficient (Wildman–Crippen LogP) is 3.31. The number of carbonyl (C=O) groups is 1. The molecule has 2 aromatic carbocycles. The van der Waals surface area contributed by atoms with Gasteiger partial charge in [0, 0.05) is 12.6 Å². The topological polar surface area (TPSA) is 104 Å². The summed E-state index contributed by atoms with van der Waals surface area (Å²) >= 11 is 0. The van der Waals surface area contributed by atoms with Crippen LogP contribution >= 0.6 is 0 Å². The van der Waals surface area contributed by atoms with E-state index in [2.05, 4.69) is 5.32 Å². The maximum absolute atomic E-state index is 12.9. The number of ether oxygens (including phenoxy) is 2. The smallest absolute Gasteiger partial charge is 0.257 e. The molecule has 4 aromatic rings. The number of anilines is 1. The molecule has 8 nitrogen and oxygen atoms in total. The first-order valence-electron chi connectivity index (χ1n) is 9.66. The molecule has 3 N–H and O–H groups in total. The van der Waals surface area contributed by atoms with Crippen LogP contribution in [0.25, 0.3) is 27.9 Å². The summed E-state index contributed by atoms with van der Waals surface area (Å²) in [5.74, 6) is 1.12. The Morgan fingerprint density at radius 3 is 2.43 bits per heavy atom. The van der Waals surface area contributed by atoms with Gasteiger partial charge in [-0.25, -0.2) is 9.97 Å². The van der Waals surface area contributed by atoms with E-state index < -0.39 is 0 Å². The van der Waals surface area contributed by atoms with Crippen LogP contribution in [0.2, 0.25) is 0 Å². The van der Waals surface area contributed by atoms with E-state index in [1.54, 1.807) is 30.9 Å². The maximum atomic E-state index is 12.9. The van der Waals surface area contributed by atoms with Crippen molar-refractivity contribution in [1.29, 1.82) is 0 Å². The summed E-state index contributed by atoms with van der Waals surface area (Å²) in [7, 11) is 3.14. The summed E-state index contributed by atoms with van der Waals surface area (Å²) in [5, 5.41) is 2.89. The highest BCUT2D eigenvalue weighted by atomic mass is 16.5. The van der Waals surface area contributed by atoms with Crippen LogP contribution in [0.4, 0.5) is 5.82 Å². The van der Waals surface area contributed by atoms with Crippen LogP contribution in [-0.4, -0.2) is 41.2 Å². The Hall–Kier alpha value is -3.81. The zero-order chi connectivity index (χ0) is 21.3. The fourth-order valence-electron chi connectivity index (χ4n) is 3.44. The summed E-state index contributed by atoms with van der Waals surface area (Å²) in [6.45, 7) is 2.53. The third kappa shape index (κ3) is 3.16. The second-order valence-electron chi connectivity index (χ2n) is 6.78. The van der Waals surface area contributed by atoms with Crippen molar-refractivity contribution in [2.45, 2.75) is 13.3 Å². The van der Waals surface area contributed by atoms with Crippen molar-refractivity contribution in [3.05, 3.63) is 48.0 Å². The first-order valence-corrected chi connectivity index (χ1v) is 9.66. The van der Waals surface area contributed by atoms with E-state index >= 15 is 0 Å². The molecule has 0 unspecified atom stereocenters. The monoisotopic (exact) mass is 405 g/mol. The number of para-hydroxylation sites is 2. The van der Waals surface area contributed by atoms with Crippen LogP contribution in [-0.2, 0) is 0 Å². The molecule has 0 aliphatic heterocycles. The molecular weight excluding hydrogens is 382 g/mol. The largest absolute Gasteiger partial charge is 0.493 e. The molecule has 0 saturated carbocycles. The number of carbonyl (C=O) groups excluding carboxylic acids is 1. The molecule has 2 aromatic heterocycles. The van der Waals surface area contributed by atoms with E-state index in [1.165, 1.54) is 0 Å². The van der Waals surface area contributed by atoms with E-state index in [1.807, 2.05) is 37.3 Å². The third-order valence-corrected chi connectivity index (χ3v) is 4.89. The average Bonchev–Trinajstić information content (AvgIpc) is 3.06. The van der Waals surface area contributed by atoms with Gasteiger partial charge in [-0.05, 0) is 30.7 Å². The van der Waals surface area contributed by atoms with Crippen LogP contribution in [0.5, 0.6) is 11.5 Å².